The minimum absolute atomic E-state index is 0.506. The summed E-state index contributed by atoms with van der Waals surface area (Å²) in [7, 11) is 2.19. The second-order valence-corrected chi connectivity index (χ2v) is 3.96. The van der Waals surface area contributed by atoms with Crippen LogP contribution in [0.5, 0.6) is 0 Å². The molecular weight excluding hydrogens is 160 g/mol. The number of amidine groups is 1. The number of hydrogen-bond donors (Lipinski definition) is 0. The van der Waals surface area contributed by atoms with Gasteiger partial charge in [-0.25, -0.2) is 0 Å². The molecule has 1 aliphatic heterocycles. The van der Waals surface area contributed by atoms with E-state index in [2.05, 4.69) is 37.7 Å². The molecule has 0 saturated heterocycles. The first kappa shape index (κ1) is 10.6. The first-order chi connectivity index (χ1) is 6.20. The lowest BCUT2D eigenvalue weighted by molar-refractivity contribution is 0.330. The topological polar surface area (TPSA) is 15.6 Å². The minimum Gasteiger partial charge on any atom is -0.358 e. The van der Waals surface area contributed by atoms with Crippen LogP contribution in [-0.2, 0) is 0 Å². The molecule has 0 aromatic heterocycles. The molecule has 0 spiro atoms. The van der Waals surface area contributed by atoms with Crippen LogP contribution in [0.1, 0.15) is 46.5 Å². The smallest absolute Gasteiger partial charge is 0.0991 e. The maximum atomic E-state index is 4.66. The lowest BCUT2D eigenvalue weighted by Gasteiger charge is -2.25. The molecular formula is C11H22N2. The summed E-state index contributed by atoms with van der Waals surface area (Å²) in [5.74, 6) is 1.29. The highest BCUT2D eigenvalue weighted by atomic mass is 15.3. The molecule has 2 heteroatoms. The van der Waals surface area contributed by atoms with E-state index in [0.29, 0.717) is 12.1 Å². The van der Waals surface area contributed by atoms with E-state index in [4.69, 9.17) is 0 Å². The zero-order chi connectivity index (χ0) is 9.84. The van der Waals surface area contributed by atoms with Crippen molar-refractivity contribution < 1.29 is 0 Å². The molecule has 2 atom stereocenters. The summed E-state index contributed by atoms with van der Waals surface area (Å²) in [5.41, 5.74) is 0. The van der Waals surface area contributed by atoms with Crippen LogP contribution in [-0.4, -0.2) is 29.9 Å². The van der Waals surface area contributed by atoms with Crippen molar-refractivity contribution in [3.8, 4) is 0 Å². The molecule has 0 fully saturated rings. The van der Waals surface area contributed by atoms with Crippen molar-refractivity contribution in [2.45, 2.75) is 58.5 Å². The molecule has 1 rings (SSSR count). The van der Waals surface area contributed by atoms with Crippen LogP contribution in [0.15, 0.2) is 4.99 Å². The van der Waals surface area contributed by atoms with Crippen LogP contribution < -0.4 is 0 Å². The largest absolute Gasteiger partial charge is 0.358 e. The fourth-order valence-corrected chi connectivity index (χ4v) is 2.12. The number of nitrogens with zero attached hydrogens (tertiary/aromatic N) is 2. The second-order valence-electron chi connectivity index (χ2n) is 3.96. The third kappa shape index (κ3) is 2.23. The summed E-state index contributed by atoms with van der Waals surface area (Å²) in [6, 6.07) is 1.17. The molecule has 13 heavy (non-hydrogen) atoms. The van der Waals surface area contributed by atoms with E-state index >= 15 is 0 Å². The Morgan fingerprint density at radius 2 is 2.08 bits per heavy atom. The van der Waals surface area contributed by atoms with Gasteiger partial charge in [0.2, 0.25) is 0 Å². The van der Waals surface area contributed by atoms with Crippen molar-refractivity contribution in [2.24, 2.45) is 4.99 Å². The van der Waals surface area contributed by atoms with Gasteiger partial charge in [0.25, 0.3) is 0 Å². The van der Waals surface area contributed by atoms with E-state index in [1.807, 2.05) is 0 Å². The van der Waals surface area contributed by atoms with Crippen molar-refractivity contribution in [3.63, 3.8) is 0 Å². The number of hydrogen-bond acceptors (Lipinski definition) is 2. The summed E-state index contributed by atoms with van der Waals surface area (Å²) >= 11 is 0. The third-order valence-corrected chi connectivity index (χ3v) is 2.98. The van der Waals surface area contributed by atoms with Crippen LogP contribution in [0.2, 0.25) is 0 Å². The zero-order valence-corrected chi connectivity index (χ0v) is 9.38. The van der Waals surface area contributed by atoms with Gasteiger partial charge < -0.3 is 4.90 Å². The highest BCUT2D eigenvalue weighted by Gasteiger charge is 2.28. The SMILES string of the molecule is CCCCC1C(C)N=C(CC)N1C. The molecule has 0 saturated carbocycles. The van der Waals surface area contributed by atoms with Gasteiger partial charge in [0.05, 0.1) is 17.9 Å². The average Bonchev–Trinajstić information content (AvgIpc) is 2.39. The maximum absolute atomic E-state index is 4.66. The molecule has 0 bridgehead atoms. The van der Waals surface area contributed by atoms with Gasteiger partial charge in [0.15, 0.2) is 0 Å². The van der Waals surface area contributed by atoms with Gasteiger partial charge in [-0.1, -0.05) is 26.7 Å². The predicted octanol–water partition coefficient (Wildman–Crippen LogP) is 2.69. The van der Waals surface area contributed by atoms with E-state index < -0.39 is 0 Å². The Morgan fingerprint density at radius 3 is 2.54 bits per heavy atom. The van der Waals surface area contributed by atoms with Crippen molar-refractivity contribution in [1.29, 1.82) is 0 Å². The second kappa shape index (κ2) is 4.64. The van der Waals surface area contributed by atoms with E-state index in [9.17, 15) is 0 Å². The summed E-state index contributed by atoms with van der Waals surface area (Å²) in [6.45, 7) is 6.67. The third-order valence-electron chi connectivity index (χ3n) is 2.98. The average molecular weight is 182 g/mol. The van der Waals surface area contributed by atoms with Gasteiger partial charge in [0, 0.05) is 13.5 Å². The zero-order valence-electron chi connectivity index (χ0n) is 9.38. The number of rotatable bonds is 4. The molecule has 0 aromatic carbocycles. The van der Waals surface area contributed by atoms with Crippen LogP contribution in [0.3, 0.4) is 0 Å². The van der Waals surface area contributed by atoms with Crippen LogP contribution in [0.4, 0.5) is 0 Å². The fourth-order valence-electron chi connectivity index (χ4n) is 2.12. The summed E-state index contributed by atoms with van der Waals surface area (Å²) in [5, 5.41) is 0. The lowest BCUT2D eigenvalue weighted by atomic mass is 10.0. The first-order valence-electron chi connectivity index (χ1n) is 5.50. The van der Waals surface area contributed by atoms with Crippen molar-refractivity contribution in [3.05, 3.63) is 0 Å². The summed E-state index contributed by atoms with van der Waals surface area (Å²) < 4.78 is 0. The first-order valence-corrected chi connectivity index (χ1v) is 5.50. The fraction of sp³-hybridized carbons (Fsp3) is 0.909. The van der Waals surface area contributed by atoms with Gasteiger partial charge in [-0.2, -0.15) is 0 Å². The van der Waals surface area contributed by atoms with Gasteiger partial charge in [-0.3, -0.25) is 4.99 Å². The number of unbranched alkanes of at least 4 members (excludes halogenated alkanes) is 1. The standard InChI is InChI=1S/C11H22N2/c1-5-7-8-10-9(3)12-11(6-2)13(10)4/h9-10H,5-8H2,1-4H3. The Labute approximate surface area is 82.0 Å². The number of likely N-dealkylation sites (N-methyl/N-ethyl adjacent to an activating group) is 1. The van der Waals surface area contributed by atoms with E-state index in [0.717, 1.165) is 6.42 Å². The minimum atomic E-state index is 0.506. The molecule has 0 aliphatic carbocycles. The maximum Gasteiger partial charge on any atom is 0.0991 e. The molecule has 0 amide bonds. The molecule has 1 heterocycles. The van der Waals surface area contributed by atoms with Crippen LogP contribution in [0.25, 0.3) is 0 Å². The van der Waals surface area contributed by atoms with E-state index in [1.54, 1.807) is 0 Å². The molecule has 0 radical (unpaired) electrons. The van der Waals surface area contributed by atoms with E-state index in [1.165, 1.54) is 25.1 Å². The highest BCUT2D eigenvalue weighted by Crippen LogP contribution is 2.21. The van der Waals surface area contributed by atoms with Crippen molar-refractivity contribution in [2.75, 3.05) is 7.05 Å². The summed E-state index contributed by atoms with van der Waals surface area (Å²) in [4.78, 5) is 7.04. The Hall–Kier alpha value is -0.530. The molecule has 0 aromatic rings. The summed E-state index contributed by atoms with van der Waals surface area (Å²) in [6.07, 6.45) is 4.98. The molecule has 1 aliphatic rings. The predicted molar refractivity (Wildman–Crippen MR) is 58.3 cm³/mol. The molecule has 0 N–H and O–H groups in total. The molecule has 2 nitrogen and oxygen atoms in total. The Morgan fingerprint density at radius 1 is 1.38 bits per heavy atom. The quantitative estimate of drug-likeness (QED) is 0.652. The van der Waals surface area contributed by atoms with Gasteiger partial charge in [-0.15, -0.1) is 0 Å². The molecule has 2 unspecified atom stereocenters. The Balaban J connectivity index is 2.50. The monoisotopic (exact) mass is 182 g/mol. The highest BCUT2D eigenvalue weighted by molar-refractivity contribution is 5.84. The lowest BCUT2D eigenvalue weighted by Crippen LogP contribution is -2.35. The van der Waals surface area contributed by atoms with Crippen molar-refractivity contribution >= 4 is 5.84 Å². The Kier molecular flexibility index (Phi) is 3.76. The molecule has 76 valence electrons. The van der Waals surface area contributed by atoms with Crippen LogP contribution in [0, 0.1) is 0 Å². The number of aliphatic imine (C=N–C) groups is 1. The van der Waals surface area contributed by atoms with Gasteiger partial charge in [-0.05, 0) is 13.3 Å². The van der Waals surface area contributed by atoms with Gasteiger partial charge >= 0.3 is 0 Å². The normalized spacial score (nSPS) is 28.0. The van der Waals surface area contributed by atoms with Crippen LogP contribution >= 0.6 is 0 Å². The van der Waals surface area contributed by atoms with Gasteiger partial charge in [0.1, 0.15) is 0 Å². The Bertz CT molecular complexity index is 187. The van der Waals surface area contributed by atoms with Crippen molar-refractivity contribution in [1.82, 2.24) is 4.90 Å². The van der Waals surface area contributed by atoms with E-state index in [-0.39, 0.29) is 0 Å².